The van der Waals surface area contributed by atoms with Gasteiger partial charge in [-0.1, -0.05) is 12.1 Å². The molecule has 0 aliphatic rings. The number of rotatable bonds is 3. The largest absolute Gasteiger partial charge is 0.494 e. The third-order valence-electron chi connectivity index (χ3n) is 3.01. The van der Waals surface area contributed by atoms with Crippen LogP contribution in [0.3, 0.4) is 0 Å². The van der Waals surface area contributed by atoms with Crippen molar-refractivity contribution in [2.45, 2.75) is 0 Å². The van der Waals surface area contributed by atoms with Gasteiger partial charge in [-0.3, -0.25) is 0 Å². The number of nitrogens with two attached hydrogens (primary N) is 1. The maximum atomic E-state index is 13.4. The monoisotopic (exact) mass is 284 g/mol. The van der Waals surface area contributed by atoms with Gasteiger partial charge in [0, 0.05) is 11.8 Å². The second kappa shape index (κ2) is 5.24. The van der Waals surface area contributed by atoms with E-state index in [2.05, 4.69) is 15.3 Å². The summed E-state index contributed by atoms with van der Waals surface area (Å²) in [5.74, 6) is 0.410. The summed E-state index contributed by atoms with van der Waals surface area (Å²) in [7, 11) is 1.41. The van der Waals surface area contributed by atoms with Crippen LogP contribution in [-0.2, 0) is 0 Å². The number of aromatic nitrogens is 2. The van der Waals surface area contributed by atoms with E-state index in [0.717, 1.165) is 11.0 Å². The molecule has 0 aliphatic heterocycles. The number of nitrogen functional groups attached to an aromatic ring is 1. The summed E-state index contributed by atoms with van der Waals surface area (Å²) in [6.07, 6.45) is 0. The Balaban J connectivity index is 1.99. The van der Waals surface area contributed by atoms with Crippen molar-refractivity contribution in [2.24, 2.45) is 0 Å². The molecule has 0 amide bonds. The maximum absolute atomic E-state index is 13.4. The van der Waals surface area contributed by atoms with Crippen molar-refractivity contribution in [1.82, 2.24) is 9.97 Å². The maximum Gasteiger partial charge on any atom is 0.174 e. The lowest BCUT2D eigenvalue weighted by Gasteiger charge is -2.10. The van der Waals surface area contributed by atoms with Crippen LogP contribution in [0.1, 0.15) is 0 Å². The minimum Gasteiger partial charge on any atom is -0.494 e. The van der Waals surface area contributed by atoms with Crippen molar-refractivity contribution >= 4 is 28.4 Å². The minimum atomic E-state index is -0.430. The van der Waals surface area contributed by atoms with Gasteiger partial charge in [0.05, 0.1) is 18.1 Å². The topological polar surface area (TPSA) is 73.1 Å². The van der Waals surface area contributed by atoms with Crippen LogP contribution in [0, 0.1) is 5.82 Å². The second-order valence-electron chi connectivity index (χ2n) is 4.42. The van der Waals surface area contributed by atoms with Crippen LogP contribution in [0.2, 0.25) is 0 Å². The predicted octanol–water partition coefficient (Wildman–Crippen LogP) is 3.10. The van der Waals surface area contributed by atoms with Crippen molar-refractivity contribution in [3.05, 3.63) is 48.3 Å². The normalized spacial score (nSPS) is 10.6. The average molecular weight is 284 g/mol. The Morgan fingerprint density at radius 1 is 1.10 bits per heavy atom. The third-order valence-corrected chi connectivity index (χ3v) is 3.01. The molecule has 0 aliphatic carbocycles. The van der Waals surface area contributed by atoms with Crippen LogP contribution in [0.5, 0.6) is 5.75 Å². The van der Waals surface area contributed by atoms with E-state index < -0.39 is 5.82 Å². The van der Waals surface area contributed by atoms with Crippen LogP contribution in [0.15, 0.2) is 42.5 Å². The van der Waals surface area contributed by atoms with E-state index in [1.165, 1.54) is 19.2 Å². The summed E-state index contributed by atoms with van der Waals surface area (Å²) in [6.45, 7) is 0. The fourth-order valence-corrected chi connectivity index (χ4v) is 1.98. The molecule has 1 aromatic heterocycles. The molecular formula is C15H13FN4O. The number of hydrogen-bond acceptors (Lipinski definition) is 5. The quantitative estimate of drug-likeness (QED) is 0.773. The molecule has 3 rings (SSSR count). The standard InChI is InChI=1S/C15H13FN4O/c1-21-13-8-9(6-7-10(13)16)18-15-14(17)19-11-4-2-3-5-12(11)20-15/h2-8H,1H3,(H2,17,19)(H,18,20). The Bertz CT molecular complexity index is 807. The number of nitrogens with zero attached hydrogens (tertiary/aromatic N) is 2. The fourth-order valence-electron chi connectivity index (χ4n) is 1.98. The number of fused-ring (bicyclic) bond motifs is 1. The number of methoxy groups -OCH3 is 1. The van der Waals surface area contributed by atoms with Gasteiger partial charge >= 0.3 is 0 Å². The summed E-state index contributed by atoms with van der Waals surface area (Å²) in [5.41, 5.74) is 7.95. The van der Waals surface area contributed by atoms with Crippen molar-refractivity contribution in [3.8, 4) is 5.75 Å². The van der Waals surface area contributed by atoms with Crippen molar-refractivity contribution < 1.29 is 9.13 Å². The van der Waals surface area contributed by atoms with E-state index >= 15 is 0 Å². The zero-order chi connectivity index (χ0) is 14.8. The molecule has 3 N–H and O–H groups in total. The molecule has 106 valence electrons. The molecule has 0 fully saturated rings. The number of para-hydroxylation sites is 2. The van der Waals surface area contributed by atoms with E-state index in [0.29, 0.717) is 11.5 Å². The molecular weight excluding hydrogens is 271 g/mol. The van der Waals surface area contributed by atoms with Crippen LogP contribution in [-0.4, -0.2) is 17.1 Å². The molecule has 21 heavy (non-hydrogen) atoms. The van der Waals surface area contributed by atoms with Gasteiger partial charge in [-0.2, -0.15) is 0 Å². The molecule has 0 saturated carbocycles. The molecule has 3 aromatic rings. The molecule has 0 radical (unpaired) electrons. The smallest absolute Gasteiger partial charge is 0.174 e. The Morgan fingerprint density at radius 2 is 1.81 bits per heavy atom. The highest BCUT2D eigenvalue weighted by Gasteiger charge is 2.08. The molecule has 0 saturated heterocycles. The highest BCUT2D eigenvalue weighted by Crippen LogP contribution is 2.26. The summed E-state index contributed by atoms with van der Waals surface area (Å²) in [6, 6.07) is 11.8. The van der Waals surface area contributed by atoms with Gasteiger partial charge in [-0.25, -0.2) is 14.4 Å². The molecule has 2 aromatic carbocycles. The lowest BCUT2D eigenvalue weighted by Crippen LogP contribution is -2.02. The van der Waals surface area contributed by atoms with Gasteiger partial charge in [0.1, 0.15) is 0 Å². The first kappa shape index (κ1) is 13.1. The van der Waals surface area contributed by atoms with Crippen molar-refractivity contribution in [2.75, 3.05) is 18.2 Å². The van der Waals surface area contributed by atoms with E-state index in [1.807, 2.05) is 24.3 Å². The van der Waals surface area contributed by atoms with Gasteiger partial charge in [0.2, 0.25) is 0 Å². The number of hydrogen-bond donors (Lipinski definition) is 2. The van der Waals surface area contributed by atoms with Crippen LogP contribution in [0.4, 0.5) is 21.7 Å². The number of anilines is 3. The summed E-state index contributed by atoms with van der Waals surface area (Å²) in [4.78, 5) is 8.69. The Kier molecular flexibility index (Phi) is 3.27. The van der Waals surface area contributed by atoms with Crippen LogP contribution < -0.4 is 15.8 Å². The van der Waals surface area contributed by atoms with Gasteiger partial charge in [0.25, 0.3) is 0 Å². The molecule has 1 heterocycles. The highest BCUT2D eigenvalue weighted by atomic mass is 19.1. The summed E-state index contributed by atoms with van der Waals surface area (Å²) in [5, 5.41) is 3.02. The van der Waals surface area contributed by atoms with E-state index in [4.69, 9.17) is 10.5 Å². The summed E-state index contributed by atoms with van der Waals surface area (Å²) >= 11 is 0. The minimum absolute atomic E-state index is 0.146. The van der Waals surface area contributed by atoms with Crippen molar-refractivity contribution in [1.29, 1.82) is 0 Å². The zero-order valence-corrected chi connectivity index (χ0v) is 11.3. The van der Waals surface area contributed by atoms with Gasteiger partial charge in [-0.05, 0) is 24.3 Å². The first-order valence-corrected chi connectivity index (χ1v) is 6.30. The van der Waals surface area contributed by atoms with E-state index in [1.54, 1.807) is 6.07 Å². The average Bonchev–Trinajstić information content (AvgIpc) is 2.50. The van der Waals surface area contributed by atoms with Crippen molar-refractivity contribution in [3.63, 3.8) is 0 Å². The van der Waals surface area contributed by atoms with Gasteiger partial charge in [0.15, 0.2) is 23.2 Å². The molecule has 0 unspecified atom stereocenters. The van der Waals surface area contributed by atoms with Crippen LogP contribution in [0.25, 0.3) is 11.0 Å². The number of benzene rings is 2. The first-order valence-electron chi connectivity index (χ1n) is 6.30. The molecule has 0 spiro atoms. The molecule has 6 heteroatoms. The van der Waals surface area contributed by atoms with Gasteiger partial charge < -0.3 is 15.8 Å². The Morgan fingerprint density at radius 3 is 2.52 bits per heavy atom. The van der Waals surface area contributed by atoms with E-state index in [9.17, 15) is 4.39 Å². The first-order chi connectivity index (χ1) is 10.2. The molecule has 5 nitrogen and oxygen atoms in total. The number of nitrogens with one attached hydrogen (secondary N) is 1. The third kappa shape index (κ3) is 2.55. The number of ether oxygens (including phenoxy) is 1. The fraction of sp³-hybridized carbons (Fsp3) is 0.0667. The predicted molar refractivity (Wildman–Crippen MR) is 80.2 cm³/mol. The van der Waals surface area contributed by atoms with E-state index in [-0.39, 0.29) is 11.6 Å². The number of halogens is 1. The Hall–Kier alpha value is -2.89. The molecule has 0 atom stereocenters. The lowest BCUT2D eigenvalue weighted by atomic mass is 10.2. The zero-order valence-electron chi connectivity index (χ0n) is 11.3. The summed E-state index contributed by atoms with van der Waals surface area (Å²) < 4.78 is 18.3. The second-order valence-corrected chi connectivity index (χ2v) is 4.42. The SMILES string of the molecule is COc1cc(Nc2nc3ccccc3nc2N)ccc1F. The highest BCUT2D eigenvalue weighted by molar-refractivity contribution is 5.81. The molecule has 0 bridgehead atoms. The Labute approximate surface area is 120 Å². The lowest BCUT2D eigenvalue weighted by molar-refractivity contribution is 0.387. The van der Waals surface area contributed by atoms with Gasteiger partial charge in [-0.15, -0.1) is 0 Å². The van der Waals surface area contributed by atoms with Crippen LogP contribution >= 0.6 is 0 Å².